The molecule has 3 nitrogen and oxygen atoms in total. The number of nitrogens with two attached hydrogens (primary N) is 1. The molecule has 1 rings (SSSR count). The summed E-state index contributed by atoms with van der Waals surface area (Å²) in [5.41, 5.74) is 6.23. The fourth-order valence-corrected chi connectivity index (χ4v) is 1.35. The van der Waals surface area contributed by atoms with Gasteiger partial charge < -0.3 is 5.73 Å². The quantitative estimate of drug-likeness (QED) is 0.716. The van der Waals surface area contributed by atoms with E-state index in [1.165, 1.54) is 0 Å². The second kappa shape index (κ2) is 3.81. The van der Waals surface area contributed by atoms with E-state index in [9.17, 15) is 0 Å². The molecule has 70 valence electrons. The Morgan fingerprint density at radius 1 is 1.36 bits per heavy atom. The summed E-state index contributed by atoms with van der Waals surface area (Å²) in [6, 6.07) is 11.3. The van der Waals surface area contributed by atoms with Gasteiger partial charge in [-0.1, -0.05) is 18.2 Å². The zero-order chi connectivity index (χ0) is 10.6. The van der Waals surface area contributed by atoms with Crippen LogP contribution in [0.4, 0.5) is 5.69 Å². The predicted octanol–water partition coefficient (Wildman–Crippen LogP) is 1.96. The summed E-state index contributed by atoms with van der Waals surface area (Å²) in [6.45, 7) is 1.72. The first kappa shape index (κ1) is 10.1. The molecule has 0 saturated heterocycles. The molecule has 1 aromatic carbocycles. The van der Waals surface area contributed by atoms with E-state index in [1.807, 2.05) is 18.2 Å². The fourth-order valence-electron chi connectivity index (χ4n) is 1.35. The monoisotopic (exact) mass is 185 g/mol. The van der Waals surface area contributed by atoms with Crippen molar-refractivity contribution in [1.29, 1.82) is 10.5 Å². The van der Waals surface area contributed by atoms with Gasteiger partial charge in [0.05, 0.1) is 24.0 Å². The van der Waals surface area contributed by atoms with Crippen molar-refractivity contribution < 1.29 is 0 Å². The minimum atomic E-state index is -0.805. The molecule has 3 heteroatoms. The molecule has 1 atom stereocenters. The Morgan fingerprint density at radius 3 is 2.50 bits per heavy atom. The highest BCUT2D eigenvalue weighted by Crippen LogP contribution is 2.30. The molecular formula is C11H11N3. The van der Waals surface area contributed by atoms with Crippen molar-refractivity contribution in [3.8, 4) is 12.1 Å². The lowest BCUT2D eigenvalue weighted by molar-refractivity contribution is 0.630. The van der Waals surface area contributed by atoms with Crippen molar-refractivity contribution in [3.05, 3.63) is 29.8 Å². The molecule has 0 aliphatic heterocycles. The third-order valence-electron chi connectivity index (χ3n) is 2.23. The number of nitriles is 2. The maximum absolute atomic E-state index is 9.04. The van der Waals surface area contributed by atoms with Crippen LogP contribution in [0.2, 0.25) is 0 Å². The maximum Gasteiger partial charge on any atom is 0.0943 e. The highest BCUT2D eigenvalue weighted by Gasteiger charge is 2.27. The first-order valence-electron chi connectivity index (χ1n) is 4.27. The van der Waals surface area contributed by atoms with Gasteiger partial charge in [0.1, 0.15) is 0 Å². The van der Waals surface area contributed by atoms with E-state index in [0.717, 1.165) is 5.56 Å². The standard InChI is InChI=1S/C11H11N3/c1-11(8-13,6-7-12)9-4-2-3-5-10(9)14/h2-5H,6,14H2,1H3. The summed E-state index contributed by atoms with van der Waals surface area (Å²) < 4.78 is 0. The molecule has 0 aliphatic rings. The van der Waals surface area contributed by atoms with Crippen molar-refractivity contribution in [1.82, 2.24) is 0 Å². The van der Waals surface area contributed by atoms with E-state index < -0.39 is 5.41 Å². The minimum absolute atomic E-state index is 0.151. The third-order valence-corrected chi connectivity index (χ3v) is 2.23. The van der Waals surface area contributed by atoms with Gasteiger partial charge in [0.15, 0.2) is 0 Å². The molecule has 0 bridgehead atoms. The Bertz CT molecular complexity index is 411. The molecule has 0 amide bonds. The van der Waals surface area contributed by atoms with Crippen LogP contribution in [0.1, 0.15) is 18.9 Å². The van der Waals surface area contributed by atoms with E-state index >= 15 is 0 Å². The number of nitrogen functional groups attached to an aromatic ring is 1. The number of hydrogen-bond acceptors (Lipinski definition) is 3. The molecule has 14 heavy (non-hydrogen) atoms. The SMILES string of the molecule is CC(C#N)(CC#N)c1ccccc1N. The number of hydrogen-bond donors (Lipinski definition) is 1. The van der Waals surface area contributed by atoms with Crippen LogP contribution in [-0.2, 0) is 5.41 Å². The van der Waals surface area contributed by atoms with Gasteiger partial charge in [-0.3, -0.25) is 0 Å². The zero-order valence-electron chi connectivity index (χ0n) is 7.99. The van der Waals surface area contributed by atoms with Crippen molar-refractivity contribution >= 4 is 5.69 Å². The second-order valence-corrected chi connectivity index (χ2v) is 3.37. The lowest BCUT2D eigenvalue weighted by atomic mass is 9.80. The largest absolute Gasteiger partial charge is 0.398 e. The van der Waals surface area contributed by atoms with Crippen LogP contribution >= 0.6 is 0 Å². The number of rotatable bonds is 2. The average Bonchev–Trinajstić information content (AvgIpc) is 2.18. The van der Waals surface area contributed by atoms with E-state index in [1.54, 1.807) is 19.1 Å². The van der Waals surface area contributed by atoms with Gasteiger partial charge >= 0.3 is 0 Å². The zero-order valence-corrected chi connectivity index (χ0v) is 7.99. The predicted molar refractivity (Wildman–Crippen MR) is 54.0 cm³/mol. The van der Waals surface area contributed by atoms with Crippen molar-refractivity contribution in [2.75, 3.05) is 5.73 Å². The maximum atomic E-state index is 9.04. The number of anilines is 1. The summed E-state index contributed by atoms with van der Waals surface area (Å²) in [4.78, 5) is 0. The highest BCUT2D eigenvalue weighted by atomic mass is 14.6. The van der Waals surface area contributed by atoms with Crippen molar-refractivity contribution in [3.63, 3.8) is 0 Å². The van der Waals surface area contributed by atoms with E-state index in [0.29, 0.717) is 5.69 Å². The Kier molecular flexibility index (Phi) is 2.74. The molecule has 0 saturated carbocycles. The van der Waals surface area contributed by atoms with Crippen LogP contribution in [0.25, 0.3) is 0 Å². The van der Waals surface area contributed by atoms with E-state index in [4.69, 9.17) is 16.3 Å². The molecule has 2 N–H and O–H groups in total. The first-order chi connectivity index (χ1) is 6.64. The minimum Gasteiger partial charge on any atom is -0.398 e. The highest BCUT2D eigenvalue weighted by molar-refractivity contribution is 5.53. The summed E-state index contributed by atoms with van der Waals surface area (Å²) in [5.74, 6) is 0. The Labute approximate surface area is 83.4 Å². The molecule has 1 aromatic rings. The van der Waals surface area contributed by atoms with Gasteiger partial charge in [-0.25, -0.2) is 0 Å². The second-order valence-electron chi connectivity index (χ2n) is 3.37. The summed E-state index contributed by atoms with van der Waals surface area (Å²) in [5, 5.41) is 17.7. The smallest absolute Gasteiger partial charge is 0.0943 e. The van der Waals surface area contributed by atoms with Crippen LogP contribution in [-0.4, -0.2) is 0 Å². The third kappa shape index (κ3) is 1.67. The molecule has 0 spiro atoms. The van der Waals surface area contributed by atoms with Gasteiger partial charge in [0, 0.05) is 5.69 Å². The molecule has 0 radical (unpaired) electrons. The van der Waals surface area contributed by atoms with Crippen LogP contribution in [0.5, 0.6) is 0 Å². The van der Waals surface area contributed by atoms with Crippen LogP contribution in [0.15, 0.2) is 24.3 Å². The van der Waals surface area contributed by atoms with Crippen molar-refractivity contribution in [2.45, 2.75) is 18.8 Å². The topological polar surface area (TPSA) is 73.6 Å². The van der Waals surface area contributed by atoms with Gasteiger partial charge in [0.2, 0.25) is 0 Å². The Morgan fingerprint density at radius 2 is 2.00 bits per heavy atom. The lowest BCUT2D eigenvalue weighted by Gasteiger charge is -2.20. The van der Waals surface area contributed by atoms with Gasteiger partial charge in [0.25, 0.3) is 0 Å². The molecular weight excluding hydrogens is 174 g/mol. The number of para-hydroxylation sites is 1. The fraction of sp³-hybridized carbons (Fsp3) is 0.273. The Balaban J connectivity index is 3.22. The Hall–Kier alpha value is -2.00. The molecule has 0 aliphatic carbocycles. The first-order valence-corrected chi connectivity index (χ1v) is 4.27. The number of benzene rings is 1. The molecule has 0 heterocycles. The number of nitrogens with zero attached hydrogens (tertiary/aromatic N) is 2. The molecule has 0 aromatic heterocycles. The van der Waals surface area contributed by atoms with E-state index in [-0.39, 0.29) is 6.42 Å². The average molecular weight is 185 g/mol. The summed E-state index contributed by atoms with van der Waals surface area (Å²) in [6.07, 6.45) is 0.151. The summed E-state index contributed by atoms with van der Waals surface area (Å²) in [7, 11) is 0. The van der Waals surface area contributed by atoms with Gasteiger partial charge in [-0.05, 0) is 18.6 Å². The van der Waals surface area contributed by atoms with Gasteiger partial charge in [-0.2, -0.15) is 10.5 Å². The van der Waals surface area contributed by atoms with Crippen LogP contribution in [0, 0.1) is 22.7 Å². The van der Waals surface area contributed by atoms with Crippen LogP contribution in [0.3, 0.4) is 0 Å². The molecule has 1 unspecified atom stereocenters. The van der Waals surface area contributed by atoms with Crippen LogP contribution < -0.4 is 5.73 Å². The lowest BCUT2D eigenvalue weighted by Crippen LogP contribution is -2.20. The molecule has 0 fully saturated rings. The van der Waals surface area contributed by atoms with E-state index in [2.05, 4.69) is 6.07 Å². The summed E-state index contributed by atoms with van der Waals surface area (Å²) >= 11 is 0. The normalized spacial score (nSPS) is 13.6. The van der Waals surface area contributed by atoms with Gasteiger partial charge in [-0.15, -0.1) is 0 Å². The van der Waals surface area contributed by atoms with Crippen molar-refractivity contribution in [2.24, 2.45) is 0 Å².